The molecule has 0 fully saturated rings. The molecule has 0 bridgehead atoms. The summed E-state index contributed by atoms with van der Waals surface area (Å²) in [5, 5.41) is 10.4. The van der Waals surface area contributed by atoms with E-state index in [-0.39, 0.29) is 11.4 Å². The lowest BCUT2D eigenvalue weighted by Crippen LogP contribution is -2.12. The van der Waals surface area contributed by atoms with Crippen molar-refractivity contribution in [3.8, 4) is 28.7 Å². The first-order chi connectivity index (χ1) is 9.66. The minimum Gasteiger partial charge on any atom is -0.493 e. The molecular formula is C13H9ClN4O2. The van der Waals surface area contributed by atoms with E-state index in [4.69, 9.17) is 11.6 Å². The van der Waals surface area contributed by atoms with E-state index in [0.717, 1.165) is 0 Å². The van der Waals surface area contributed by atoms with Crippen molar-refractivity contribution in [3.05, 3.63) is 52.0 Å². The van der Waals surface area contributed by atoms with Gasteiger partial charge in [0.15, 0.2) is 11.6 Å². The van der Waals surface area contributed by atoms with Gasteiger partial charge in [0.25, 0.3) is 5.56 Å². The third kappa shape index (κ3) is 2.06. The van der Waals surface area contributed by atoms with E-state index in [1.165, 1.54) is 6.20 Å². The summed E-state index contributed by atoms with van der Waals surface area (Å²) >= 11 is 6.03. The second-order valence-electron chi connectivity index (χ2n) is 4.03. The summed E-state index contributed by atoms with van der Waals surface area (Å²) in [5.41, 5.74) is -0.0330. The van der Waals surface area contributed by atoms with Crippen molar-refractivity contribution in [2.75, 3.05) is 0 Å². The van der Waals surface area contributed by atoms with Crippen LogP contribution >= 0.6 is 11.6 Å². The predicted octanol–water partition coefficient (Wildman–Crippen LogP) is 2.19. The van der Waals surface area contributed by atoms with Gasteiger partial charge in [0.1, 0.15) is 5.56 Å². The molecular weight excluding hydrogens is 280 g/mol. The van der Waals surface area contributed by atoms with Crippen LogP contribution in [-0.2, 0) is 0 Å². The monoisotopic (exact) mass is 288 g/mol. The zero-order chi connectivity index (χ0) is 14.1. The molecule has 0 radical (unpaired) electrons. The van der Waals surface area contributed by atoms with E-state index in [1.807, 2.05) is 0 Å². The summed E-state index contributed by atoms with van der Waals surface area (Å²) in [6, 6.07) is 6.74. The Kier molecular flexibility index (Phi) is 3.00. The lowest BCUT2D eigenvalue weighted by Gasteiger charge is -2.06. The van der Waals surface area contributed by atoms with Gasteiger partial charge in [-0.3, -0.25) is 4.79 Å². The van der Waals surface area contributed by atoms with E-state index >= 15 is 0 Å². The number of aromatic hydroxyl groups is 1. The summed E-state index contributed by atoms with van der Waals surface area (Å²) in [7, 11) is 0. The summed E-state index contributed by atoms with van der Waals surface area (Å²) in [6.07, 6.45) is 3.11. The summed E-state index contributed by atoms with van der Waals surface area (Å²) < 4.78 is 0. The van der Waals surface area contributed by atoms with Crippen LogP contribution < -0.4 is 5.56 Å². The highest BCUT2D eigenvalue weighted by molar-refractivity contribution is 6.33. The summed E-state index contributed by atoms with van der Waals surface area (Å²) in [5.74, 6) is 0.129. The third-order valence-electron chi connectivity index (χ3n) is 2.77. The van der Waals surface area contributed by atoms with Crippen LogP contribution in [-0.4, -0.2) is 25.0 Å². The lowest BCUT2D eigenvalue weighted by atomic mass is 10.1. The maximum Gasteiger partial charge on any atom is 0.263 e. The minimum absolute atomic E-state index is 0.0332. The fourth-order valence-electron chi connectivity index (χ4n) is 1.87. The molecule has 6 nitrogen and oxygen atoms in total. The van der Waals surface area contributed by atoms with Crippen molar-refractivity contribution in [2.45, 2.75) is 0 Å². The molecule has 0 aliphatic rings. The fraction of sp³-hybridized carbons (Fsp3) is 0. The van der Waals surface area contributed by atoms with Crippen molar-refractivity contribution in [3.63, 3.8) is 0 Å². The van der Waals surface area contributed by atoms with Gasteiger partial charge in [0.05, 0.1) is 0 Å². The van der Waals surface area contributed by atoms with Crippen molar-refractivity contribution in [1.82, 2.24) is 19.9 Å². The fourth-order valence-corrected chi connectivity index (χ4v) is 2.11. The zero-order valence-electron chi connectivity index (χ0n) is 10.1. The van der Waals surface area contributed by atoms with Gasteiger partial charge < -0.3 is 15.1 Å². The molecule has 0 aliphatic carbocycles. The van der Waals surface area contributed by atoms with Gasteiger partial charge >= 0.3 is 0 Å². The van der Waals surface area contributed by atoms with Crippen LogP contribution in [0.4, 0.5) is 0 Å². The lowest BCUT2D eigenvalue weighted by molar-refractivity contribution is 0.454. The van der Waals surface area contributed by atoms with Gasteiger partial charge in [0, 0.05) is 23.0 Å². The summed E-state index contributed by atoms with van der Waals surface area (Å²) in [6.45, 7) is 0. The number of rotatable bonds is 2. The van der Waals surface area contributed by atoms with Crippen LogP contribution in [0.15, 0.2) is 41.5 Å². The highest BCUT2D eigenvalue weighted by Crippen LogP contribution is 2.30. The Balaban J connectivity index is 2.20. The molecule has 7 heteroatoms. The van der Waals surface area contributed by atoms with E-state index in [0.29, 0.717) is 16.4 Å². The van der Waals surface area contributed by atoms with Crippen LogP contribution in [0.5, 0.6) is 5.88 Å². The number of imidazole rings is 1. The normalized spacial score (nSPS) is 10.7. The van der Waals surface area contributed by atoms with Crippen LogP contribution in [0.1, 0.15) is 0 Å². The molecule has 20 heavy (non-hydrogen) atoms. The number of aromatic amines is 2. The first kappa shape index (κ1) is 12.4. The molecule has 3 aromatic rings. The summed E-state index contributed by atoms with van der Waals surface area (Å²) in [4.78, 5) is 25.4. The molecule has 0 spiro atoms. The van der Waals surface area contributed by atoms with Gasteiger partial charge in [-0.1, -0.05) is 29.8 Å². The van der Waals surface area contributed by atoms with Gasteiger partial charge in [0.2, 0.25) is 5.88 Å². The third-order valence-corrected chi connectivity index (χ3v) is 3.10. The van der Waals surface area contributed by atoms with Crippen molar-refractivity contribution in [1.29, 1.82) is 0 Å². The Morgan fingerprint density at radius 3 is 2.65 bits per heavy atom. The molecule has 2 heterocycles. The number of H-pyrrole nitrogens is 2. The number of benzene rings is 1. The molecule has 3 rings (SSSR count). The van der Waals surface area contributed by atoms with Gasteiger partial charge in [-0.25, -0.2) is 4.98 Å². The number of hydrogen-bond donors (Lipinski definition) is 3. The second kappa shape index (κ2) is 4.82. The Labute approximate surface area is 118 Å². The Morgan fingerprint density at radius 2 is 2.00 bits per heavy atom. The van der Waals surface area contributed by atoms with Crippen LogP contribution in [0.25, 0.3) is 22.8 Å². The molecule has 0 unspecified atom stereocenters. The topological polar surface area (TPSA) is 94.7 Å². The van der Waals surface area contributed by atoms with Crippen molar-refractivity contribution >= 4 is 11.6 Å². The van der Waals surface area contributed by atoms with Crippen molar-refractivity contribution in [2.24, 2.45) is 0 Å². The molecule has 0 amide bonds. The molecule has 0 aliphatic heterocycles. The molecule has 1 aromatic carbocycles. The van der Waals surface area contributed by atoms with Crippen LogP contribution in [0.3, 0.4) is 0 Å². The molecule has 2 aromatic heterocycles. The largest absolute Gasteiger partial charge is 0.493 e. The van der Waals surface area contributed by atoms with Gasteiger partial charge in [-0.05, 0) is 6.07 Å². The Bertz CT molecular complexity index is 811. The number of nitrogens with one attached hydrogen (secondary N) is 2. The maximum atomic E-state index is 12.2. The maximum absolute atomic E-state index is 12.2. The first-order valence-electron chi connectivity index (χ1n) is 5.75. The molecule has 0 saturated carbocycles. The SMILES string of the molecule is O=c1[nH]c(-c2ncc[nH]2)nc(O)c1-c1ccccc1Cl. The molecule has 0 saturated heterocycles. The number of hydrogen-bond acceptors (Lipinski definition) is 4. The van der Waals surface area contributed by atoms with Gasteiger partial charge in [-0.2, -0.15) is 4.98 Å². The number of aromatic nitrogens is 4. The average molecular weight is 289 g/mol. The average Bonchev–Trinajstić information content (AvgIpc) is 2.94. The van der Waals surface area contributed by atoms with Gasteiger partial charge in [-0.15, -0.1) is 0 Å². The van der Waals surface area contributed by atoms with Crippen LogP contribution in [0.2, 0.25) is 5.02 Å². The number of halogens is 1. The Morgan fingerprint density at radius 1 is 1.20 bits per heavy atom. The smallest absolute Gasteiger partial charge is 0.263 e. The van der Waals surface area contributed by atoms with E-state index in [2.05, 4.69) is 19.9 Å². The number of nitrogens with zero attached hydrogens (tertiary/aromatic N) is 2. The zero-order valence-corrected chi connectivity index (χ0v) is 10.8. The van der Waals surface area contributed by atoms with E-state index in [1.54, 1.807) is 30.5 Å². The van der Waals surface area contributed by atoms with Crippen LogP contribution in [0, 0.1) is 0 Å². The molecule has 3 N–H and O–H groups in total. The first-order valence-corrected chi connectivity index (χ1v) is 6.12. The predicted molar refractivity (Wildman–Crippen MR) is 74.6 cm³/mol. The molecule has 0 atom stereocenters. The Hall–Kier alpha value is -2.60. The van der Waals surface area contributed by atoms with E-state index in [9.17, 15) is 9.90 Å². The van der Waals surface area contributed by atoms with Crippen molar-refractivity contribution < 1.29 is 5.11 Å². The highest BCUT2D eigenvalue weighted by atomic mass is 35.5. The minimum atomic E-state index is -0.489. The quantitative estimate of drug-likeness (QED) is 0.673. The second-order valence-corrected chi connectivity index (χ2v) is 4.44. The standard InChI is InChI=1S/C13H9ClN4O2/c14-8-4-2-1-3-7(8)9-12(19)17-11(18-13(9)20)10-15-5-6-16-10/h1-6H,(H,15,16)(H2,17,18,19,20). The van der Waals surface area contributed by atoms with E-state index < -0.39 is 11.4 Å². The molecule has 100 valence electrons. The highest BCUT2D eigenvalue weighted by Gasteiger charge is 2.16.